The Morgan fingerprint density at radius 1 is 1.39 bits per heavy atom. The monoisotopic (exact) mass is 250 g/mol. The molecular weight excluding hydrogens is 224 g/mol. The van der Waals surface area contributed by atoms with Crippen LogP contribution in [0.5, 0.6) is 5.75 Å². The topological polar surface area (TPSA) is 38.5 Å². The third-order valence-electron chi connectivity index (χ3n) is 3.85. The van der Waals surface area contributed by atoms with Gasteiger partial charge in [-0.25, -0.2) is 0 Å². The first-order valence-electron chi connectivity index (χ1n) is 6.51. The molecule has 1 atom stereocenters. The van der Waals surface area contributed by atoms with Crippen molar-refractivity contribution in [3.63, 3.8) is 0 Å². The van der Waals surface area contributed by atoms with E-state index in [0.717, 1.165) is 23.4 Å². The van der Waals surface area contributed by atoms with E-state index in [9.17, 15) is 0 Å². The first kappa shape index (κ1) is 14.8. The Kier molecular flexibility index (Phi) is 4.63. The summed E-state index contributed by atoms with van der Waals surface area (Å²) in [6, 6.07) is 6.04. The van der Waals surface area contributed by atoms with Crippen molar-refractivity contribution < 1.29 is 4.74 Å². The van der Waals surface area contributed by atoms with Crippen molar-refractivity contribution >= 4 is 5.69 Å². The summed E-state index contributed by atoms with van der Waals surface area (Å²) in [7, 11) is 3.81. The van der Waals surface area contributed by atoms with Crippen molar-refractivity contribution in [1.82, 2.24) is 0 Å². The summed E-state index contributed by atoms with van der Waals surface area (Å²) in [4.78, 5) is 2.29. The second kappa shape index (κ2) is 5.61. The van der Waals surface area contributed by atoms with Crippen molar-refractivity contribution in [3.05, 3.63) is 23.8 Å². The second-order valence-corrected chi connectivity index (χ2v) is 5.41. The third kappa shape index (κ3) is 2.78. The van der Waals surface area contributed by atoms with Crippen LogP contribution >= 0.6 is 0 Å². The van der Waals surface area contributed by atoms with Gasteiger partial charge in [-0.15, -0.1) is 0 Å². The summed E-state index contributed by atoms with van der Waals surface area (Å²) in [6.07, 6.45) is 1.07. The molecular formula is C15H26N2O. The lowest BCUT2D eigenvalue weighted by Crippen LogP contribution is -2.41. The van der Waals surface area contributed by atoms with Crippen LogP contribution in [0.15, 0.2) is 18.2 Å². The van der Waals surface area contributed by atoms with Crippen molar-refractivity contribution in [3.8, 4) is 5.75 Å². The van der Waals surface area contributed by atoms with E-state index in [1.807, 2.05) is 19.1 Å². The molecule has 0 heterocycles. The van der Waals surface area contributed by atoms with Gasteiger partial charge in [-0.05, 0) is 39.3 Å². The molecule has 0 aliphatic heterocycles. The Bertz CT molecular complexity index is 399. The maximum Gasteiger partial charge on any atom is 0.125 e. The second-order valence-electron chi connectivity index (χ2n) is 5.41. The van der Waals surface area contributed by atoms with Gasteiger partial charge >= 0.3 is 0 Å². The van der Waals surface area contributed by atoms with Crippen molar-refractivity contribution in [1.29, 1.82) is 0 Å². The largest absolute Gasteiger partial charge is 0.496 e. The summed E-state index contributed by atoms with van der Waals surface area (Å²) in [5, 5.41) is 0. The molecule has 0 unspecified atom stereocenters. The van der Waals surface area contributed by atoms with Gasteiger partial charge in [-0.3, -0.25) is 0 Å². The Morgan fingerprint density at radius 3 is 2.44 bits per heavy atom. The van der Waals surface area contributed by atoms with Crippen LogP contribution in [-0.4, -0.2) is 19.7 Å². The average Bonchev–Trinajstić information content (AvgIpc) is 2.36. The Labute approximate surface area is 111 Å². The van der Waals surface area contributed by atoms with E-state index in [1.165, 1.54) is 0 Å². The van der Waals surface area contributed by atoms with Crippen LogP contribution in [0.4, 0.5) is 5.69 Å². The maximum atomic E-state index is 6.11. The van der Waals surface area contributed by atoms with Gasteiger partial charge in [-0.2, -0.15) is 0 Å². The molecule has 0 radical (unpaired) electrons. The van der Waals surface area contributed by atoms with Crippen LogP contribution in [0.1, 0.15) is 45.7 Å². The minimum atomic E-state index is -0.0498. The summed E-state index contributed by atoms with van der Waals surface area (Å²) < 4.78 is 5.44. The van der Waals surface area contributed by atoms with Crippen LogP contribution in [0.25, 0.3) is 0 Å². The lowest BCUT2D eigenvalue weighted by Gasteiger charge is -2.38. The van der Waals surface area contributed by atoms with E-state index >= 15 is 0 Å². The predicted molar refractivity (Wildman–Crippen MR) is 78.4 cm³/mol. The number of benzene rings is 1. The number of ether oxygens (including phenoxy) is 1. The molecule has 0 aromatic heterocycles. The van der Waals surface area contributed by atoms with Crippen LogP contribution in [-0.2, 0) is 0 Å². The molecule has 1 aromatic carbocycles. The highest BCUT2D eigenvalue weighted by atomic mass is 16.5. The zero-order valence-corrected chi connectivity index (χ0v) is 12.4. The Morgan fingerprint density at radius 2 is 2.00 bits per heavy atom. The van der Waals surface area contributed by atoms with E-state index in [-0.39, 0.29) is 11.6 Å². The van der Waals surface area contributed by atoms with E-state index in [2.05, 4.69) is 38.8 Å². The van der Waals surface area contributed by atoms with Gasteiger partial charge in [0, 0.05) is 29.9 Å². The first-order valence-corrected chi connectivity index (χ1v) is 6.51. The van der Waals surface area contributed by atoms with E-state index in [1.54, 1.807) is 7.11 Å². The Hall–Kier alpha value is -1.22. The predicted octanol–water partition coefficient (Wildman–Crippen LogP) is 3.34. The molecule has 0 aliphatic carbocycles. The van der Waals surface area contributed by atoms with Crippen molar-refractivity contribution in [2.45, 2.75) is 45.7 Å². The molecule has 18 heavy (non-hydrogen) atoms. The lowest BCUT2D eigenvalue weighted by molar-refractivity contribution is 0.405. The van der Waals surface area contributed by atoms with E-state index in [4.69, 9.17) is 10.5 Å². The molecule has 0 bridgehead atoms. The standard InChI is InChI=1S/C15H26N2O/c1-7-15(3,4)17(5)12-9-8-10-13(18-6)14(12)11(2)16/h8-11H,7,16H2,1-6H3/t11-/m0/s1. The minimum absolute atomic E-state index is 0.0498. The van der Waals surface area contributed by atoms with Crippen molar-refractivity contribution in [2.75, 3.05) is 19.1 Å². The highest BCUT2D eigenvalue weighted by molar-refractivity contribution is 5.61. The highest BCUT2D eigenvalue weighted by Crippen LogP contribution is 2.36. The summed E-state index contributed by atoms with van der Waals surface area (Å²) in [6.45, 7) is 8.66. The van der Waals surface area contributed by atoms with Gasteiger partial charge in [0.2, 0.25) is 0 Å². The van der Waals surface area contributed by atoms with Gasteiger partial charge in [0.15, 0.2) is 0 Å². The van der Waals surface area contributed by atoms with Gasteiger partial charge in [-0.1, -0.05) is 13.0 Å². The molecule has 0 aliphatic rings. The number of anilines is 1. The minimum Gasteiger partial charge on any atom is -0.496 e. The van der Waals surface area contributed by atoms with Crippen LogP contribution in [0.3, 0.4) is 0 Å². The molecule has 102 valence electrons. The zero-order chi connectivity index (χ0) is 13.9. The molecule has 0 saturated carbocycles. The molecule has 0 spiro atoms. The molecule has 1 aromatic rings. The fraction of sp³-hybridized carbons (Fsp3) is 0.600. The van der Waals surface area contributed by atoms with Crippen LogP contribution in [0, 0.1) is 0 Å². The normalized spacial score (nSPS) is 13.3. The number of hydrogen-bond acceptors (Lipinski definition) is 3. The fourth-order valence-corrected chi connectivity index (χ4v) is 2.02. The zero-order valence-electron chi connectivity index (χ0n) is 12.4. The molecule has 2 N–H and O–H groups in total. The number of hydrogen-bond donors (Lipinski definition) is 1. The van der Waals surface area contributed by atoms with Gasteiger partial charge in [0.05, 0.1) is 7.11 Å². The van der Waals surface area contributed by atoms with Gasteiger partial charge < -0.3 is 15.4 Å². The average molecular weight is 250 g/mol. The molecule has 1 rings (SSSR count). The van der Waals surface area contributed by atoms with Crippen molar-refractivity contribution in [2.24, 2.45) is 5.73 Å². The number of nitrogens with zero attached hydrogens (tertiary/aromatic N) is 1. The quantitative estimate of drug-likeness (QED) is 0.871. The summed E-state index contributed by atoms with van der Waals surface area (Å²) in [5.74, 6) is 0.862. The number of methoxy groups -OCH3 is 1. The molecule has 3 heteroatoms. The SMILES string of the molecule is CCC(C)(C)N(C)c1cccc(OC)c1[C@H](C)N. The Balaban J connectivity index is 3.32. The molecule has 3 nitrogen and oxygen atoms in total. The molecule has 0 saturated heterocycles. The first-order chi connectivity index (χ1) is 8.35. The number of rotatable bonds is 5. The summed E-state index contributed by atoms with van der Waals surface area (Å²) in [5.41, 5.74) is 8.42. The fourth-order valence-electron chi connectivity index (χ4n) is 2.02. The summed E-state index contributed by atoms with van der Waals surface area (Å²) >= 11 is 0. The number of nitrogens with two attached hydrogens (primary N) is 1. The van der Waals surface area contributed by atoms with Crippen LogP contribution < -0.4 is 15.4 Å². The molecule has 0 fully saturated rings. The lowest BCUT2D eigenvalue weighted by atomic mass is 9.96. The molecule has 0 amide bonds. The van der Waals surface area contributed by atoms with E-state index < -0.39 is 0 Å². The van der Waals surface area contributed by atoms with Crippen LogP contribution in [0.2, 0.25) is 0 Å². The highest BCUT2D eigenvalue weighted by Gasteiger charge is 2.25. The van der Waals surface area contributed by atoms with E-state index in [0.29, 0.717) is 0 Å². The van der Waals surface area contributed by atoms with Gasteiger partial charge in [0.25, 0.3) is 0 Å². The maximum absolute atomic E-state index is 6.11. The van der Waals surface area contributed by atoms with Gasteiger partial charge in [0.1, 0.15) is 5.75 Å². The smallest absolute Gasteiger partial charge is 0.125 e. The third-order valence-corrected chi connectivity index (χ3v) is 3.85.